The summed E-state index contributed by atoms with van der Waals surface area (Å²) in [6.45, 7) is -1.11. The number of thiazole rings is 1. The SMILES string of the molecule is Cc1ccc2c(c1)sc(=N)n2CC(=O)Nc1ccccc1OC(F)F.Cl. The molecule has 3 aromatic rings. The molecule has 1 heterocycles. The summed E-state index contributed by atoms with van der Waals surface area (Å²) < 4.78 is 31.8. The fourth-order valence-electron chi connectivity index (χ4n) is 2.45. The van der Waals surface area contributed by atoms with Gasteiger partial charge in [0.05, 0.1) is 15.9 Å². The van der Waals surface area contributed by atoms with Crippen LogP contribution in [0.15, 0.2) is 42.5 Å². The largest absolute Gasteiger partial charge is 0.433 e. The lowest BCUT2D eigenvalue weighted by Gasteiger charge is -2.12. The van der Waals surface area contributed by atoms with Gasteiger partial charge in [0.25, 0.3) is 0 Å². The van der Waals surface area contributed by atoms with Crippen LogP contribution in [0, 0.1) is 12.3 Å². The number of anilines is 1. The first-order valence-corrected chi connectivity index (χ1v) is 8.24. The van der Waals surface area contributed by atoms with E-state index >= 15 is 0 Å². The Bertz CT molecular complexity index is 988. The Morgan fingerprint density at radius 1 is 1.31 bits per heavy atom. The maximum absolute atomic E-state index is 12.4. The van der Waals surface area contributed by atoms with Crippen molar-refractivity contribution in [2.24, 2.45) is 0 Å². The molecule has 2 aromatic carbocycles. The Morgan fingerprint density at radius 3 is 2.77 bits per heavy atom. The second-order valence-electron chi connectivity index (χ2n) is 5.39. The summed E-state index contributed by atoms with van der Waals surface area (Å²) in [6.07, 6.45) is 0. The van der Waals surface area contributed by atoms with E-state index in [2.05, 4.69) is 10.1 Å². The molecule has 9 heteroatoms. The monoisotopic (exact) mass is 399 g/mol. The second kappa shape index (κ2) is 8.29. The molecule has 0 aliphatic heterocycles. The normalized spacial score (nSPS) is 10.6. The molecular formula is C17H16ClF2N3O2S. The highest BCUT2D eigenvalue weighted by Gasteiger charge is 2.14. The second-order valence-corrected chi connectivity index (χ2v) is 6.42. The van der Waals surface area contributed by atoms with E-state index < -0.39 is 12.5 Å². The molecule has 2 N–H and O–H groups in total. The first-order chi connectivity index (χ1) is 11.9. The van der Waals surface area contributed by atoms with Crippen LogP contribution in [0.1, 0.15) is 5.56 Å². The number of carbonyl (C=O) groups excluding carboxylic acids is 1. The van der Waals surface area contributed by atoms with Crippen molar-refractivity contribution < 1.29 is 18.3 Å². The number of amides is 1. The van der Waals surface area contributed by atoms with Crippen LogP contribution in [0.5, 0.6) is 5.75 Å². The van der Waals surface area contributed by atoms with E-state index in [1.54, 1.807) is 16.7 Å². The molecule has 0 atom stereocenters. The fourth-order valence-corrected chi connectivity index (χ4v) is 3.46. The number of nitrogens with zero attached hydrogens (tertiary/aromatic N) is 1. The third-order valence-corrected chi connectivity index (χ3v) is 4.50. The van der Waals surface area contributed by atoms with Crippen molar-refractivity contribution in [3.8, 4) is 5.75 Å². The van der Waals surface area contributed by atoms with E-state index in [-0.39, 0.29) is 35.2 Å². The minimum Gasteiger partial charge on any atom is -0.433 e. The van der Waals surface area contributed by atoms with Crippen molar-refractivity contribution in [3.63, 3.8) is 0 Å². The van der Waals surface area contributed by atoms with Gasteiger partial charge >= 0.3 is 6.61 Å². The van der Waals surface area contributed by atoms with Crippen molar-refractivity contribution >= 4 is 45.6 Å². The Labute approximate surface area is 158 Å². The van der Waals surface area contributed by atoms with Crippen LogP contribution < -0.4 is 14.9 Å². The van der Waals surface area contributed by atoms with Crippen molar-refractivity contribution in [3.05, 3.63) is 52.8 Å². The maximum Gasteiger partial charge on any atom is 0.387 e. The molecule has 5 nitrogen and oxygen atoms in total. The predicted molar refractivity (Wildman–Crippen MR) is 99.4 cm³/mol. The van der Waals surface area contributed by atoms with Crippen molar-refractivity contribution in [1.82, 2.24) is 4.57 Å². The number of rotatable bonds is 5. The highest BCUT2D eigenvalue weighted by atomic mass is 35.5. The van der Waals surface area contributed by atoms with Crippen LogP contribution in [0.3, 0.4) is 0 Å². The summed E-state index contributed by atoms with van der Waals surface area (Å²) in [4.78, 5) is 12.6. The number of para-hydroxylation sites is 2. The van der Waals surface area contributed by atoms with Crippen molar-refractivity contribution in [2.45, 2.75) is 20.1 Å². The van der Waals surface area contributed by atoms with Gasteiger partial charge in [0.1, 0.15) is 12.3 Å². The molecule has 0 radical (unpaired) electrons. The summed E-state index contributed by atoms with van der Waals surface area (Å²) in [5, 5.41) is 10.6. The van der Waals surface area contributed by atoms with Crippen LogP contribution >= 0.6 is 23.7 Å². The van der Waals surface area contributed by atoms with Crippen LogP contribution in [0.4, 0.5) is 14.5 Å². The van der Waals surface area contributed by atoms with Crippen LogP contribution in [0.2, 0.25) is 0 Å². The molecule has 0 saturated carbocycles. The Kier molecular flexibility index (Phi) is 6.33. The lowest BCUT2D eigenvalue weighted by Crippen LogP contribution is -2.24. The van der Waals surface area contributed by atoms with E-state index in [1.165, 1.54) is 23.5 Å². The number of ether oxygens (including phenoxy) is 1. The summed E-state index contributed by atoms with van der Waals surface area (Å²) in [5.41, 5.74) is 2.02. The maximum atomic E-state index is 12.4. The van der Waals surface area contributed by atoms with Gasteiger partial charge in [-0.15, -0.1) is 12.4 Å². The number of aryl methyl sites for hydroxylation is 1. The number of aromatic nitrogens is 1. The summed E-state index contributed by atoms with van der Waals surface area (Å²) in [5.74, 6) is -0.531. The quantitative estimate of drug-likeness (QED) is 0.676. The lowest BCUT2D eigenvalue weighted by molar-refractivity contribution is -0.116. The highest BCUT2D eigenvalue weighted by Crippen LogP contribution is 2.25. The molecule has 0 bridgehead atoms. The first-order valence-electron chi connectivity index (χ1n) is 7.42. The Balaban J connectivity index is 0.00000243. The first kappa shape index (κ1) is 19.9. The number of nitrogens with one attached hydrogen (secondary N) is 2. The van der Waals surface area contributed by atoms with E-state index in [0.717, 1.165) is 15.8 Å². The predicted octanol–water partition coefficient (Wildman–Crippen LogP) is 4.15. The molecule has 0 spiro atoms. The average Bonchev–Trinajstić information content (AvgIpc) is 2.83. The topological polar surface area (TPSA) is 67.1 Å². The number of alkyl halides is 2. The number of hydrogen-bond donors (Lipinski definition) is 2. The minimum absolute atomic E-state index is 0. The molecular weight excluding hydrogens is 384 g/mol. The van der Waals surface area contributed by atoms with Gasteiger partial charge in [-0.2, -0.15) is 8.78 Å². The van der Waals surface area contributed by atoms with Gasteiger partial charge in [-0.05, 0) is 36.8 Å². The fraction of sp³-hybridized carbons (Fsp3) is 0.176. The van der Waals surface area contributed by atoms with Crippen LogP contribution in [0.25, 0.3) is 10.2 Å². The van der Waals surface area contributed by atoms with Crippen LogP contribution in [-0.2, 0) is 11.3 Å². The highest BCUT2D eigenvalue weighted by molar-refractivity contribution is 7.16. The molecule has 1 aromatic heterocycles. The van der Waals surface area contributed by atoms with E-state index in [9.17, 15) is 13.6 Å². The third-order valence-electron chi connectivity index (χ3n) is 3.54. The number of halogens is 3. The molecule has 0 unspecified atom stereocenters. The van der Waals surface area contributed by atoms with Crippen LogP contribution in [-0.4, -0.2) is 17.1 Å². The van der Waals surface area contributed by atoms with E-state index in [1.807, 2.05) is 25.1 Å². The van der Waals surface area contributed by atoms with Gasteiger partial charge in [0.2, 0.25) is 5.91 Å². The number of hydrogen-bond acceptors (Lipinski definition) is 4. The van der Waals surface area contributed by atoms with E-state index in [4.69, 9.17) is 5.41 Å². The molecule has 26 heavy (non-hydrogen) atoms. The molecule has 1 amide bonds. The van der Waals surface area contributed by atoms with Gasteiger partial charge in [0.15, 0.2) is 4.80 Å². The molecule has 0 fully saturated rings. The van der Waals surface area contributed by atoms with Gasteiger partial charge < -0.3 is 14.6 Å². The third kappa shape index (κ3) is 4.39. The molecule has 3 rings (SSSR count). The van der Waals surface area contributed by atoms with Gasteiger partial charge in [-0.3, -0.25) is 10.2 Å². The Morgan fingerprint density at radius 2 is 2.04 bits per heavy atom. The Hall–Kier alpha value is -2.45. The average molecular weight is 400 g/mol. The smallest absolute Gasteiger partial charge is 0.387 e. The summed E-state index contributed by atoms with van der Waals surface area (Å²) >= 11 is 1.28. The standard InChI is InChI=1S/C17H15F2N3O2S.ClH/c1-10-6-7-12-14(8-10)25-17(20)22(12)9-15(23)21-11-4-2-3-5-13(11)24-16(18)19;/h2-8,16,20H,9H2,1H3,(H,21,23);1H. The molecule has 0 aliphatic rings. The van der Waals surface area contributed by atoms with Gasteiger partial charge in [0, 0.05) is 0 Å². The van der Waals surface area contributed by atoms with E-state index in [0.29, 0.717) is 0 Å². The summed E-state index contributed by atoms with van der Waals surface area (Å²) in [7, 11) is 0. The number of fused-ring (bicyclic) bond motifs is 1. The molecule has 0 aliphatic carbocycles. The van der Waals surface area contributed by atoms with Gasteiger partial charge in [-0.1, -0.05) is 29.5 Å². The zero-order valence-corrected chi connectivity index (χ0v) is 15.3. The number of benzene rings is 2. The zero-order chi connectivity index (χ0) is 18.0. The van der Waals surface area contributed by atoms with Gasteiger partial charge in [-0.25, -0.2) is 0 Å². The minimum atomic E-state index is -2.98. The summed E-state index contributed by atoms with van der Waals surface area (Å²) in [6, 6.07) is 11.7. The molecule has 138 valence electrons. The number of carbonyl (C=O) groups is 1. The van der Waals surface area contributed by atoms with Crippen molar-refractivity contribution in [1.29, 1.82) is 5.41 Å². The zero-order valence-electron chi connectivity index (χ0n) is 13.7. The molecule has 0 saturated heterocycles. The lowest BCUT2D eigenvalue weighted by atomic mass is 10.2. The van der Waals surface area contributed by atoms with Crippen molar-refractivity contribution in [2.75, 3.05) is 5.32 Å².